The fourth-order valence-electron chi connectivity index (χ4n) is 3.91. The van der Waals surface area contributed by atoms with Crippen LogP contribution in [0.4, 0.5) is 11.4 Å². The molecule has 0 spiro atoms. The summed E-state index contributed by atoms with van der Waals surface area (Å²) < 4.78 is 6.29. The molecule has 2 unspecified atom stereocenters. The van der Waals surface area contributed by atoms with Gasteiger partial charge in [0.15, 0.2) is 5.75 Å². The van der Waals surface area contributed by atoms with E-state index in [4.69, 9.17) is 4.74 Å². The monoisotopic (exact) mass is 424 g/mol. The van der Waals surface area contributed by atoms with Gasteiger partial charge in [-0.05, 0) is 51.0 Å². The number of ether oxygens (including phenoxy) is 1. The predicted octanol–water partition coefficient (Wildman–Crippen LogP) is 9.02. The number of anilines is 2. The Hall–Kier alpha value is -2.16. The number of nitrogens with one attached hydrogen (secondary N) is 2. The second kappa shape index (κ2) is 14.8. The lowest BCUT2D eigenvalue weighted by Crippen LogP contribution is -2.20. The maximum Gasteiger partial charge on any atom is 0.152 e. The Bertz CT molecular complexity index is 716. The van der Waals surface area contributed by atoms with E-state index in [1.54, 1.807) is 0 Å². The van der Waals surface area contributed by atoms with Gasteiger partial charge in [0.2, 0.25) is 0 Å². The molecule has 2 atom stereocenters. The van der Waals surface area contributed by atoms with E-state index in [-0.39, 0.29) is 0 Å². The van der Waals surface area contributed by atoms with E-state index in [2.05, 4.69) is 56.5 Å². The molecule has 0 aromatic heterocycles. The average Bonchev–Trinajstić information content (AvgIpc) is 2.77. The van der Waals surface area contributed by atoms with Crippen molar-refractivity contribution in [2.45, 2.75) is 104 Å². The Labute approximate surface area is 191 Å². The lowest BCUT2D eigenvalue weighted by Gasteiger charge is -2.24. The van der Waals surface area contributed by atoms with Crippen LogP contribution < -0.4 is 15.4 Å². The normalized spacial score (nSPS) is 12.9. The highest BCUT2D eigenvalue weighted by atomic mass is 16.5. The first-order chi connectivity index (χ1) is 15.1. The quantitative estimate of drug-likeness (QED) is 0.264. The second-order valence-electron chi connectivity index (χ2n) is 8.88. The number of unbranched alkanes of at least 4 members (excludes halogenated alkanes) is 6. The summed E-state index contributed by atoms with van der Waals surface area (Å²) in [4.78, 5) is 0. The molecule has 0 aliphatic rings. The molecule has 31 heavy (non-hydrogen) atoms. The summed E-state index contributed by atoms with van der Waals surface area (Å²) >= 11 is 0. The first-order valence-electron chi connectivity index (χ1n) is 12.5. The Morgan fingerprint density at radius 3 is 1.90 bits per heavy atom. The summed E-state index contributed by atoms with van der Waals surface area (Å²) in [6, 6.07) is 17.2. The number of rotatable bonds is 16. The van der Waals surface area contributed by atoms with Crippen LogP contribution in [0.3, 0.4) is 0 Å². The SMILES string of the molecule is CCCCCCC(C)Nc1cccc(Oc2ccccc2)c1NC(C)CCCCCC. The first kappa shape index (κ1) is 25.1. The summed E-state index contributed by atoms with van der Waals surface area (Å²) in [5.41, 5.74) is 2.21. The van der Waals surface area contributed by atoms with Gasteiger partial charge in [0.25, 0.3) is 0 Å². The smallest absolute Gasteiger partial charge is 0.152 e. The fourth-order valence-corrected chi connectivity index (χ4v) is 3.91. The van der Waals surface area contributed by atoms with E-state index in [0.29, 0.717) is 12.1 Å². The summed E-state index contributed by atoms with van der Waals surface area (Å²) in [5.74, 6) is 1.75. The highest BCUT2D eigenvalue weighted by Gasteiger charge is 2.15. The maximum absolute atomic E-state index is 6.29. The number of para-hydroxylation sites is 2. The highest BCUT2D eigenvalue weighted by molar-refractivity contribution is 5.76. The first-order valence-corrected chi connectivity index (χ1v) is 12.5. The van der Waals surface area contributed by atoms with Crippen molar-refractivity contribution in [1.29, 1.82) is 0 Å². The van der Waals surface area contributed by atoms with Gasteiger partial charge in [0.05, 0.1) is 5.69 Å². The predicted molar refractivity (Wildman–Crippen MR) is 137 cm³/mol. The molecule has 0 radical (unpaired) electrons. The number of benzene rings is 2. The van der Waals surface area contributed by atoms with Gasteiger partial charge in [-0.3, -0.25) is 0 Å². The molecule has 2 N–H and O–H groups in total. The van der Waals surface area contributed by atoms with Crippen LogP contribution in [-0.4, -0.2) is 12.1 Å². The zero-order chi connectivity index (χ0) is 22.3. The molecule has 0 aliphatic carbocycles. The van der Waals surface area contributed by atoms with Gasteiger partial charge in [-0.2, -0.15) is 0 Å². The minimum absolute atomic E-state index is 0.401. The highest BCUT2D eigenvalue weighted by Crippen LogP contribution is 2.37. The van der Waals surface area contributed by atoms with Crippen LogP contribution in [0, 0.1) is 0 Å². The number of hydrogen-bond acceptors (Lipinski definition) is 3. The average molecular weight is 425 g/mol. The van der Waals surface area contributed by atoms with Gasteiger partial charge in [0, 0.05) is 12.1 Å². The van der Waals surface area contributed by atoms with Crippen LogP contribution in [0.2, 0.25) is 0 Å². The van der Waals surface area contributed by atoms with Gasteiger partial charge >= 0.3 is 0 Å². The van der Waals surface area contributed by atoms with Crippen molar-refractivity contribution in [2.75, 3.05) is 10.6 Å². The van der Waals surface area contributed by atoms with Crippen molar-refractivity contribution in [3.63, 3.8) is 0 Å². The molecule has 2 aromatic rings. The van der Waals surface area contributed by atoms with E-state index < -0.39 is 0 Å². The zero-order valence-corrected chi connectivity index (χ0v) is 20.3. The molecule has 0 saturated carbocycles. The van der Waals surface area contributed by atoms with Crippen molar-refractivity contribution in [2.24, 2.45) is 0 Å². The molecule has 0 aliphatic heterocycles. The van der Waals surface area contributed by atoms with Crippen molar-refractivity contribution in [1.82, 2.24) is 0 Å². The Morgan fingerprint density at radius 2 is 1.29 bits per heavy atom. The molecule has 3 nitrogen and oxygen atoms in total. The molecule has 0 fully saturated rings. The molecule has 2 rings (SSSR count). The molecule has 2 aromatic carbocycles. The van der Waals surface area contributed by atoms with Crippen LogP contribution in [0.1, 0.15) is 91.9 Å². The van der Waals surface area contributed by atoms with E-state index in [1.165, 1.54) is 64.2 Å². The molecule has 0 amide bonds. The van der Waals surface area contributed by atoms with Crippen molar-refractivity contribution in [3.05, 3.63) is 48.5 Å². The third kappa shape index (κ3) is 9.67. The molecular weight excluding hydrogens is 380 g/mol. The minimum atomic E-state index is 0.401. The third-order valence-corrected chi connectivity index (χ3v) is 5.77. The summed E-state index contributed by atoms with van der Waals surface area (Å²) in [7, 11) is 0. The molecular formula is C28H44N2O. The lowest BCUT2D eigenvalue weighted by molar-refractivity contribution is 0.483. The van der Waals surface area contributed by atoms with E-state index in [0.717, 1.165) is 22.9 Å². The van der Waals surface area contributed by atoms with E-state index in [1.807, 2.05) is 30.3 Å². The topological polar surface area (TPSA) is 33.3 Å². The number of hydrogen-bond donors (Lipinski definition) is 2. The van der Waals surface area contributed by atoms with Crippen LogP contribution in [0.15, 0.2) is 48.5 Å². The lowest BCUT2D eigenvalue weighted by atomic mass is 10.1. The van der Waals surface area contributed by atoms with E-state index >= 15 is 0 Å². The molecule has 0 saturated heterocycles. The third-order valence-electron chi connectivity index (χ3n) is 5.77. The second-order valence-corrected chi connectivity index (χ2v) is 8.88. The maximum atomic E-state index is 6.29. The van der Waals surface area contributed by atoms with Crippen molar-refractivity contribution >= 4 is 11.4 Å². The zero-order valence-electron chi connectivity index (χ0n) is 20.3. The minimum Gasteiger partial charge on any atom is -0.455 e. The van der Waals surface area contributed by atoms with Crippen LogP contribution in [0.5, 0.6) is 11.5 Å². The Kier molecular flexibility index (Phi) is 12.0. The standard InChI is InChI=1S/C28H44N2O/c1-5-7-9-12-17-23(3)29-26-21-16-22-27(31-25-19-14-11-15-20-25)28(26)30-24(4)18-13-10-8-6-2/h11,14-16,19-24,29-30H,5-10,12-13,17-18H2,1-4H3. The fraction of sp³-hybridized carbons (Fsp3) is 0.571. The van der Waals surface area contributed by atoms with Gasteiger partial charge in [-0.25, -0.2) is 0 Å². The van der Waals surface area contributed by atoms with Crippen LogP contribution in [-0.2, 0) is 0 Å². The molecule has 172 valence electrons. The van der Waals surface area contributed by atoms with E-state index in [9.17, 15) is 0 Å². The van der Waals surface area contributed by atoms with Crippen molar-refractivity contribution in [3.8, 4) is 11.5 Å². The molecule has 0 bridgehead atoms. The van der Waals surface area contributed by atoms with Gasteiger partial charge in [-0.15, -0.1) is 0 Å². The summed E-state index contributed by atoms with van der Waals surface area (Å²) in [6.45, 7) is 9.10. The molecule has 3 heteroatoms. The van der Waals surface area contributed by atoms with Crippen LogP contribution >= 0.6 is 0 Å². The Morgan fingerprint density at radius 1 is 0.677 bits per heavy atom. The summed E-state index contributed by atoms with van der Waals surface area (Å²) in [6.07, 6.45) is 12.7. The van der Waals surface area contributed by atoms with Crippen molar-refractivity contribution < 1.29 is 4.74 Å². The summed E-state index contributed by atoms with van der Waals surface area (Å²) in [5, 5.41) is 7.52. The largest absolute Gasteiger partial charge is 0.455 e. The Balaban J connectivity index is 2.11. The van der Waals surface area contributed by atoms with Gasteiger partial charge < -0.3 is 15.4 Å². The van der Waals surface area contributed by atoms with Gasteiger partial charge in [0.1, 0.15) is 11.4 Å². The molecule has 0 heterocycles. The van der Waals surface area contributed by atoms with Crippen LogP contribution in [0.25, 0.3) is 0 Å². The van der Waals surface area contributed by atoms with Gasteiger partial charge in [-0.1, -0.05) is 89.5 Å².